The van der Waals surface area contributed by atoms with Gasteiger partial charge in [-0.2, -0.15) is 0 Å². The van der Waals surface area contributed by atoms with Gasteiger partial charge in [-0.15, -0.1) is 0 Å². The average molecular weight is 411 g/mol. The molecule has 0 aliphatic carbocycles. The maximum Gasteiger partial charge on any atom is 0.264 e. The molecule has 0 aliphatic rings. The van der Waals surface area contributed by atoms with Crippen molar-refractivity contribution in [3.05, 3.63) is 53.6 Å². The van der Waals surface area contributed by atoms with Gasteiger partial charge in [0, 0.05) is 6.04 Å². The number of sulfonamides is 1. The second-order valence-corrected chi connectivity index (χ2v) is 8.29. The van der Waals surface area contributed by atoms with Crippen molar-refractivity contribution in [1.82, 2.24) is 5.32 Å². The molecule has 0 saturated heterocycles. The first-order chi connectivity index (χ1) is 12.8. The fourth-order valence-electron chi connectivity index (χ4n) is 2.40. The summed E-state index contributed by atoms with van der Waals surface area (Å²) in [6.45, 7) is 3.44. The number of anilines is 1. The highest BCUT2D eigenvalue weighted by Crippen LogP contribution is 2.31. The van der Waals surface area contributed by atoms with Crippen LogP contribution in [0, 0.1) is 0 Å². The number of carbonyl (C=O) groups is 1. The molecule has 2 rings (SSSR count). The number of methoxy groups -OCH3 is 1. The largest absolute Gasteiger partial charge is 0.495 e. The normalized spacial score (nSPS) is 12.3. The SMILES string of the molecule is CC[C@H](C)NC(=O)CN(c1ccc(OC)c(Cl)c1)S(=O)(=O)c1ccccc1. The first kappa shape index (κ1) is 21.1. The molecular formula is C19H23ClN2O4S. The Kier molecular flexibility index (Phi) is 7.10. The van der Waals surface area contributed by atoms with Gasteiger partial charge in [0.25, 0.3) is 10.0 Å². The number of benzene rings is 2. The molecule has 0 fully saturated rings. The summed E-state index contributed by atoms with van der Waals surface area (Å²) in [5, 5.41) is 3.04. The van der Waals surface area contributed by atoms with E-state index in [-0.39, 0.29) is 28.2 Å². The summed E-state index contributed by atoms with van der Waals surface area (Å²) in [6, 6.07) is 12.5. The molecule has 0 bridgehead atoms. The molecule has 0 spiro atoms. The van der Waals surface area contributed by atoms with Crippen LogP contribution in [-0.2, 0) is 14.8 Å². The van der Waals surface area contributed by atoms with E-state index < -0.39 is 15.9 Å². The van der Waals surface area contributed by atoms with Gasteiger partial charge in [-0.05, 0) is 43.7 Å². The first-order valence-corrected chi connectivity index (χ1v) is 10.3. The van der Waals surface area contributed by atoms with Crippen LogP contribution in [0.25, 0.3) is 0 Å². The van der Waals surface area contributed by atoms with Gasteiger partial charge >= 0.3 is 0 Å². The number of nitrogens with one attached hydrogen (secondary N) is 1. The van der Waals surface area contributed by atoms with Crippen LogP contribution in [0.4, 0.5) is 5.69 Å². The van der Waals surface area contributed by atoms with E-state index in [1.165, 1.54) is 25.3 Å². The van der Waals surface area contributed by atoms with Gasteiger partial charge in [-0.25, -0.2) is 8.42 Å². The van der Waals surface area contributed by atoms with E-state index in [1.54, 1.807) is 30.3 Å². The number of halogens is 1. The fraction of sp³-hybridized carbons (Fsp3) is 0.316. The Hall–Kier alpha value is -2.25. The van der Waals surface area contributed by atoms with Gasteiger partial charge in [0.15, 0.2) is 0 Å². The lowest BCUT2D eigenvalue weighted by atomic mass is 10.2. The molecule has 6 nitrogen and oxygen atoms in total. The van der Waals surface area contributed by atoms with Gasteiger partial charge in [-0.3, -0.25) is 9.10 Å². The Morgan fingerprint density at radius 1 is 1.22 bits per heavy atom. The van der Waals surface area contributed by atoms with E-state index in [9.17, 15) is 13.2 Å². The van der Waals surface area contributed by atoms with E-state index >= 15 is 0 Å². The molecule has 0 heterocycles. The van der Waals surface area contributed by atoms with E-state index in [2.05, 4.69) is 5.32 Å². The lowest BCUT2D eigenvalue weighted by molar-refractivity contribution is -0.120. The standard InChI is InChI=1S/C19H23ClN2O4S/c1-4-14(2)21-19(23)13-22(15-10-11-18(26-3)17(20)12-15)27(24,25)16-8-6-5-7-9-16/h5-12,14H,4,13H2,1-3H3,(H,21,23)/t14-/m0/s1. The molecule has 1 atom stereocenters. The van der Waals surface area contributed by atoms with E-state index in [4.69, 9.17) is 16.3 Å². The third-order valence-corrected chi connectivity index (χ3v) is 6.14. The van der Waals surface area contributed by atoms with Crippen molar-refractivity contribution in [3.63, 3.8) is 0 Å². The van der Waals surface area contributed by atoms with Crippen LogP contribution in [0.1, 0.15) is 20.3 Å². The van der Waals surface area contributed by atoms with Crippen LogP contribution < -0.4 is 14.4 Å². The average Bonchev–Trinajstić information content (AvgIpc) is 2.66. The van der Waals surface area contributed by atoms with Gasteiger partial charge in [0.1, 0.15) is 12.3 Å². The van der Waals surface area contributed by atoms with E-state index in [1.807, 2.05) is 13.8 Å². The molecular weight excluding hydrogens is 388 g/mol. The molecule has 8 heteroatoms. The zero-order valence-electron chi connectivity index (χ0n) is 15.5. The number of hydrogen-bond acceptors (Lipinski definition) is 4. The van der Waals surface area contributed by atoms with Crippen molar-refractivity contribution >= 4 is 33.2 Å². The third-order valence-electron chi connectivity index (χ3n) is 4.06. The zero-order chi connectivity index (χ0) is 20.0. The molecule has 0 aliphatic heterocycles. The fourth-order valence-corrected chi connectivity index (χ4v) is 4.08. The minimum absolute atomic E-state index is 0.0572. The Morgan fingerprint density at radius 3 is 2.44 bits per heavy atom. The van der Waals surface area contributed by atoms with Crippen LogP contribution in [0.2, 0.25) is 5.02 Å². The van der Waals surface area contributed by atoms with Gasteiger partial charge < -0.3 is 10.1 Å². The van der Waals surface area contributed by atoms with Crippen LogP contribution in [-0.4, -0.2) is 34.0 Å². The maximum absolute atomic E-state index is 13.2. The second-order valence-electron chi connectivity index (χ2n) is 6.02. The summed E-state index contributed by atoms with van der Waals surface area (Å²) in [4.78, 5) is 12.5. The van der Waals surface area contributed by atoms with Crippen molar-refractivity contribution in [1.29, 1.82) is 0 Å². The quantitative estimate of drug-likeness (QED) is 0.723. The third kappa shape index (κ3) is 5.14. The highest BCUT2D eigenvalue weighted by molar-refractivity contribution is 7.92. The predicted octanol–water partition coefficient (Wildman–Crippen LogP) is 3.46. The first-order valence-electron chi connectivity index (χ1n) is 8.50. The molecule has 27 heavy (non-hydrogen) atoms. The molecule has 2 aromatic carbocycles. The Labute approximate surface area is 165 Å². The Morgan fingerprint density at radius 2 is 1.89 bits per heavy atom. The van der Waals surface area contributed by atoms with Crippen LogP contribution in [0.5, 0.6) is 5.75 Å². The lowest BCUT2D eigenvalue weighted by Gasteiger charge is -2.25. The molecule has 0 saturated carbocycles. The van der Waals surface area contributed by atoms with Crippen LogP contribution in [0.3, 0.4) is 0 Å². The number of carbonyl (C=O) groups excluding carboxylic acids is 1. The molecule has 1 amide bonds. The number of ether oxygens (including phenoxy) is 1. The van der Waals surface area contributed by atoms with Crippen molar-refractivity contribution in [2.75, 3.05) is 18.0 Å². The highest BCUT2D eigenvalue weighted by Gasteiger charge is 2.28. The monoisotopic (exact) mass is 410 g/mol. The topological polar surface area (TPSA) is 75.7 Å². The number of amides is 1. The summed E-state index contributed by atoms with van der Waals surface area (Å²) in [6.07, 6.45) is 0.742. The molecule has 1 N–H and O–H groups in total. The highest BCUT2D eigenvalue weighted by atomic mass is 35.5. The van der Waals surface area contributed by atoms with Crippen molar-refractivity contribution in [2.24, 2.45) is 0 Å². The predicted molar refractivity (Wildman–Crippen MR) is 107 cm³/mol. The summed E-state index contributed by atoms with van der Waals surface area (Å²) < 4.78 is 32.5. The number of hydrogen-bond donors (Lipinski definition) is 1. The minimum Gasteiger partial charge on any atom is -0.495 e. The number of nitrogens with zero attached hydrogens (tertiary/aromatic N) is 1. The molecule has 0 unspecified atom stereocenters. The summed E-state index contributed by atoms with van der Waals surface area (Å²) in [7, 11) is -2.48. The van der Waals surface area contributed by atoms with Crippen molar-refractivity contribution in [2.45, 2.75) is 31.2 Å². The van der Waals surface area contributed by atoms with E-state index in [0.29, 0.717) is 5.75 Å². The van der Waals surface area contributed by atoms with Crippen molar-refractivity contribution in [3.8, 4) is 5.75 Å². The Bertz CT molecular complexity index is 888. The van der Waals surface area contributed by atoms with Crippen LogP contribution >= 0.6 is 11.6 Å². The maximum atomic E-state index is 13.2. The van der Waals surface area contributed by atoms with Gasteiger partial charge in [-0.1, -0.05) is 36.7 Å². The van der Waals surface area contributed by atoms with Gasteiger partial charge in [0.05, 0.1) is 22.7 Å². The summed E-state index contributed by atoms with van der Waals surface area (Å²) in [5.74, 6) is 0.0253. The minimum atomic E-state index is -3.95. The smallest absolute Gasteiger partial charge is 0.264 e. The van der Waals surface area contributed by atoms with Crippen molar-refractivity contribution < 1.29 is 17.9 Å². The molecule has 0 radical (unpaired) electrons. The summed E-state index contributed by atoms with van der Waals surface area (Å²) in [5.41, 5.74) is 0.281. The second kappa shape index (κ2) is 9.10. The zero-order valence-corrected chi connectivity index (χ0v) is 17.0. The number of rotatable bonds is 8. The lowest BCUT2D eigenvalue weighted by Crippen LogP contribution is -2.43. The van der Waals surface area contributed by atoms with Gasteiger partial charge in [0.2, 0.25) is 5.91 Å². The molecule has 146 valence electrons. The molecule has 0 aromatic heterocycles. The van der Waals surface area contributed by atoms with E-state index in [0.717, 1.165) is 10.7 Å². The molecule has 2 aromatic rings. The van der Waals surface area contributed by atoms with Crippen LogP contribution in [0.15, 0.2) is 53.4 Å². The Balaban J connectivity index is 2.45. The summed E-state index contributed by atoms with van der Waals surface area (Å²) >= 11 is 6.17.